The number of piperidine rings is 1. The van der Waals surface area contributed by atoms with Crippen molar-refractivity contribution in [1.82, 2.24) is 14.1 Å². The molecule has 1 saturated heterocycles. The van der Waals surface area contributed by atoms with Gasteiger partial charge in [0.1, 0.15) is 5.00 Å². The molecule has 3 amide bonds. The highest BCUT2D eigenvalue weighted by atomic mass is 32.2. The van der Waals surface area contributed by atoms with Crippen LogP contribution in [0.3, 0.4) is 0 Å². The molecule has 2 aliphatic rings. The molecule has 2 aromatic rings. The van der Waals surface area contributed by atoms with Gasteiger partial charge in [0, 0.05) is 43.2 Å². The van der Waals surface area contributed by atoms with Gasteiger partial charge in [-0.25, -0.2) is 13.2 Å². The van der Waals surface area contributed by atoms with Crippen LogP contribution in [0.15, 0.2) is 29.2 Å². The van der Waals surface area contributed by atoms with E-state index in [-0.39, 0.29) is 34.8 Å². The van der Waals surface area contributed by atoms with E-state index in [9.17, 15) is 22.8 Å². The quantitative estimate of drug-likeness (QED) is 0.373. The maximum Gasteiger partial charge on any atom is 0.410 e. The normalized spacial score (nSPS) is 15.6. The zero-order chi connectivity index (χ0) is 31.3. The van der Waals surface area contributed by atoms with E-state index in [1.54, 1.807) is 11.8 Å². The molecule has 4 rings (SSSR count). The Hall–Kier alpha value is -2.96. The number of hydrogen-bond donors (Lipinski definition) is 1. The van der Waals surface area contributed by atoms with Crippen molar-refractivity contribution in [3.05, 3.63) is 45.8 Å². The van der Waals surface area contributed by atoms with Crippen LogP contribution in [0.5, 0.6) is 0 Å². The summed E-state index contributed by atoms with van der Waals surface area (Å²) in [5, 5.41) is 3.40. The second-order valence-corrected chi connectivity index (χ2v) is 15.1. The number of nitrogens with one attached hydrogen (secondary N) is 1. The molecule has 0 radical (unpaired) electrons. The average molecular weight is 633 g/mol. The van der Waals surface area contributed by atoms with Gasteiger partial charge in [0.05, 0.1) is 23.6 Å². The number of anilines is 1. The molecule has 2 aliphatic heterocycles. The number of thiophene rings is 1. The van der Waals surface area contributed by atoms with Gasteiger partial charge in [0.2, 0.25) is 10.0 Å². The third-order valence-corrected chi connectivity index (χ3v) is 10.5. The van der Waals surface area contributed by atoms with Crippen molar-refractivity contribution < 1.29 is 27.5 Å². The van der Waals surface area contributed by atoms with E-state index < -0.39 is 22.0 Å². The van der Waals surface area contributed by atoms with E-state index in [1.807, 2.05) is 32.6 Å². The van der Waals surface area contributed by atoms with Crippen molar-refractivity contribution >= 4 is 44.3 Å². The molecule has 0 atom stereocenters. The van der Waals surface area contributed by atoms with Crippen LogP contribution >= 0.6 is 11.3 Å². The van der Waals surface area contributed by atoms with E-state index >= 15 is 0 Å². The van der Waals surface area contributed by atoms with Crippen LogP contribution in [0.1, 0.15) is 85.0 Å². The Balaban J connectivity index is 1.59. The van der Waals surface area contributed by atoms with E-state index in [2.05, 4.69) is 5.32 Å². The molecular formula is C31H44N4O6S2. The number of benzene rings is 1. The first-order valence-electron chi connectivity index (χ1n) is 15.2. The maximum atomic E-state index is 13.8. The fourth-order valence-corrected chi connectivity index (χ4v) is 8.55. The van der Waals surface area contributed by atoms with Crippen LogP contribution in [0.2, 0.25) is 0 Å². The van der Waals surface area contributed by atoms with Gasteiger partial charge in [0.25, 0.3) is 11.8 Å². The largest absolute Gasteiger partial charge is 0.450 e. The van der Waals surface area contributed by atoms with Crippen molar-refractivity contribution in [1.29, 1.82) is 0 Å². The molecule has 1 N–H and O–H groups in total. The lowest BCUT2D eigenvalue weighted by Crippen LogP contribution is -2.38. The molecule has 0 aliphatic carbocycles. The second-order valence-electron chi connectivity index (χ2n) is 12.0. The predicted molar refractivity (Wildman–Crippen MR) is 168 cm³/mol. The molecule has 12 heteroatoms. The Morgan fingerprint density at radius 3 is 2.16 bits per heavy atom. The van der Waals surface area contributed by atoms with Crippen molar-refractivity contribution in [3.63, 3.8) is 0 Å². The summed E-state index contributed by atoms with van der Waals surface area (Å²) in [4.78, 5) is 44.1. The van der Waals surface area contributed by atoms with Gasteiger partial charge in [-0.1, -0.05) is 27.7 Å². The lowest BCUT2D eigenvalue weighted by molar-refractivity contribution is 0.0724. The number of carbonyl (C=O) groups is 3. The van der Waals surface area contributed by atoms with E-state index in [0.717, 1.165) is 29.7 Å². The molecular weight excluding hydrogens is 588 g/mol. The number of fused-ring (bicyclic) bond motifs is 1. The summed E-state index contributed by atoms with van der Waals surface area (Å²) in [5.41, 5.74) is 1.65. The number of rotatable bonds is 10. The van der Waals surface area contributed by atoms with Crippen LogP contribution in [0.4, 0.5) is 9.80 Å². The summed E-state index contributed by atoms with van der Waals surface area (Å²) < 4.78 is 33.5. The summed E-state index contributed by atoms with van der Waals surface area (Å²) in [6.45, 7) is 12.9. The minimum absolute atomic E-state index is 0.103. The number of likely N-dealkylation sites (tertiary alicyclic amines) is 1. The molecule has 0 bridgehead atoms. The first kappa shape index (κ1) is 32.9. The van der Waals surface area contributed by atoms with Crippen molar-refractivity contribution in [3.8, 4) is 0 Å². The molecule has 0 unspecified atom stereocenters. The Bertz CT molecular complexity index is 1400. The second kappa shape index (κ2) is 14.2. The molecule has 1 fully saturated rings. The van der Waals surface area contributed by atoms with Gasteiger partial charge in [-0.3, -0.25) is 9.59 Å². The number of hydrogen-bond acceptors (Lipinski definition) is 7. The summed E-state index contributed by atoms with van der Waals surface area (Å²) in [6.07, 6.45) is 3.06. The van der Waals surface area contributed by atoms with Crippen LogP contribution in [-0.4, -0.2) is 79.8 Å². The molecule has 1 aromatic heterocycles. The molecule has 236 valence electrons. The first-order chi connectivity index (χ1) is 20.4. The molecule has 0 spiro atoms. The fourth-order valence-electron chi connectivity index (χ4n) is 5.53. The minimum Gasteiger partial charge on any atom is -0.450 e. The highest BCUT2D eigenvalue weighted by Crippen LogP contribution is 2.39. The van der Waals surface area contributed by atoms with Crippen molar-refractivity contribution in [2.24, 2.45) is 11.8 Å². The lowest BCUT2D eigenvalue weighted by atomic mass is 10.0. The zero-order valence-corrected chi connectivity index (χ0v) is 27.5. The molecule has 43 heavy (non-hydrogen) atoms. The Morgan fingerprint density at radius 2 is 1.58 bits per heavy atom. The topological polar surface area (TPSA) is 116 Å². The number of nitrogens with zero attached hydrogens (tertiary/aromatic N) is 3. The highest BCUT2D eigenvalue weighted by molar-refractivity contribution is 7.89. The fraction of sp³-hybridized carbons (Fsp3) is 0.581. The van der Waals surface area contributed by atoms with E-state index in [0.29, 0.717) is 56.3 Å². The van der Waals surface area contributed by atoms with Gasteiger partial charge >= 0.3 is 6.09 Å². The Morgan fingerprint density at radius 1 is 0.953 bits per heavy atom. The standard InChI is InChI=1S/C31H44N4O6S2/c1-6-41-31(38)34-17-14-25-26(20-34)42-29(27(25)30(37)33-15-8-7-9-16-33)32-28(36)23-10-12-24(13-11-23)43(39,40)35(18-21(2)3)19-22(4)5/h10-13,21-22H,6-9,14-20H2,1-5H3,(H,32,36). The number of ether oxygens (including phenoxy) is 1. The monoisotopic (exact) mass is 632 g/mol. The lowest BCUT2D eigenvalue weighted by Gasteiger charge is -2.29. The van der Waals surface area contributed by atoms with Gasteiger partial charge in [-0.2, -0.15) is 4.31 Å². The third-order valence-electron chi connectivity index (χ3n) is 7.56. The van der Waals surface area contributed by atoms with Gasteiger partial charge < -0.3 is 19.9 Å². The smallest absolute Gasteiger partial charge is 0.410 e. The van der Waals surface area contributed by atoms with Crippen LogP contribution in [-0.2, 0) is 27.7 Å². The maximum absolute atomic E-state index is 13.8. The number of sulfonamides is 1. The van der Waals surface area contributed by atoms with Gasteiger partial charge in [0.15, 0.2) is 0 Å². The molecule has 10 nitrogen and oxygen atoms in total. The predicted octanol–water partition coefficient (Wildman–Crippen LogP) is 5.44. The van der Waals surface area contributed by atoms with Gasteiger partial charge in [-0.15, -0.1) is 11.3 Å². The third kappa shape index (κ3) is 7.77. The van der Waals surface area contributed by atoms with Crippen LogP contribution in [0.25, 0.3) is 0 Å². The van der Waals surface area contributed by atoms with Gasteiger partial charge in [-0.05, 0) is 74.3 Å². The summed E-state index contributed by atoms with van der Waals surface area (Å²) in [7, 11) is -3.73. The summed E-state index contributed by atoms with van der Waals surface area (Å²) in [6, 6.07) is 5.95. The molecule has 1 aromatic carbocycles. The average Bonchev–Trinajstić information content (AvgIpc) is 3.33. The van der Waals surface area contributed by atoms with E-state index in [4.69, 9.17) is 4.74 Å². The number of amides is 3. The summed E-state index contributed by atoms with van der Waals surface area (Å²) >= 11 is 1.31. The Kier molecular flexibility index (Phi) is 10.9. The van der Waals surface area contributed by atoms with Crippen molar-refractivity contribution in [2.45, 2.75) is 71.7 Å². The van der Waals surface area contributed by atoms with Crippen molar-refractivity contribution in [2.75, 3.05) is 44.6 Å². The molecule has 0 saturated carbocycles. The van der Waals surface area contributed by atoms with Crippen LogP contribution < -0.4 is 5.32 Å². The van der Waals surface area contributed by atoms with Crippen LogP contribution in [0, 0.1) is 11.8 Å². The first-order valence-corrected chi connectivity index (χ1v) is 17.4. The zero-order valence-electron chi connectivity index (χ0n) is 25.8. The summed E-state index contributed by atoms with van der Waals surface area (Å²) in [5.74, 6) is -0.199. The Labute approximate surface area is 259 Å². The minimum atomic E-state index is -3.73. The van der Waals surface area contributed by atoms with E-state index in [1.165, 1.54) is 39.9 Å². The SMILES string of the molecule is CCOC(=O)N1CCc2c(sc(NC(=O)c3ccc(S(=O)(=O)N(CC(C)C)CC(C)C)cc3)c2C(=O)N2CCCCC2)C1. The number of carbonyl (C=O) groups excluding carboxylic acids is 3. The molecule has 3 heterocycles. The highest BCUT2D eigenvalue weighted by Gasteiger charge is 2.33.